The first-order valence-corrected chi connectivity index (χ1v) is 27.0. The van der Waals surface area contributed by atoms with Crippen LogP contribution in [0.5, 0.6) is 34.5 Å². The summed E-state index contributed by atoms with van der Waals surface area (Å²) in [5.41, 5.74) is -5.97. The molecule has 2 N–H and O–H groups in total. The molecule has 7 aromatic rings. The van der Waals surface area contributed by atoms with Crippen LogP contribution in [0.15, 0.2) is 188 Å². The fourth-order valence-corrected chi connectivity index (χ4v) is 11.2. The van der Waals surface area contributed by atoms with Crippen LogP contribution in [0.2, 0.25) is 5.02 Å². The molecule has 0 radical (unpaired) electrons. The minimum Gasteiger partial charge on any atom is -1.00 e. The number of rotatable bonds is 8. The number of hydrogen-bond donors (Lipinski definition) is 2. The average Bonchev–Trinajstić information content (AvgIpc) is 1.62. The number of phenolic OH excluding ortho intramolecular Hbond substituents is 1. The molecule has 34 heteroatoms. The van der Waals surface area contributed by atoms with Crippen molar-refractivity contribution < 1.29 is 222 Å². The van der Waals surface area contributed by atoms with Gasteiger partial charge in [0, 0.05) is 52.6 Å². The summed E-state index contributed by atoms with van der Waals surface area (Å²) in [6.07, 6.45) is -6.76. The summed E-state index contributed by atoms with van der Waals surface area (Å²) >= 11 is 5.33. The Morgan fingerprint density at radius 3 is 1.49 bits per heavy atom. The molecule has 13 rings (SSSR count). The Labute approximate surface area is 623 Å². The number of aliphatic hydroxyl groups excluding tert-OH is 1. The van der Waals surface area contributed by atoms with Gasteiger partial charge in [-0.05, 0) is 91.0 Å². The maximum Gasteiger partial charge on any atom is 1.00 e. The van der Waals surface area contributed by atoms with E-state index in [0.29, 0.717) is 70.2 Å². The molecule has 4 heterocycles. The SMILES string of the molecule is O=C1OC2(c3ccc(O)cc3OC3=CC(O)C=CC32)c2ccccc21.O=C1OC2(c3ccc(Oc4ccc(C(F)(F)F)cc4[N+](=O)[O-])cc3OC3=CC(Oc4ccc(C(F)(F)F)cc4[N+](=O)[O-])C=CC32)c2ccccc21.O=CO[O-].O=[N+]([O-])c1cc(C(F)(F)F)ccc1Cl.[H-].[K+].[K+]. The summed E-state index contributed by atoms with van der Waals surface area (Å²) in [7, 11) is 0. The molecule has 22 nitrogen and oxygen atoms in total. The molecular weight excluding hydrogens is 1380 g/mol. The molecule has 0 saturated heterocycles. The first-order chi connectivity index (χ1) is 44.4. The number of fused-ring (bicyclic) bond motifs is 12. The number of aliphatic hydroxyl groups is 1. The topological polar surface area (TPSA) is 309 Å². The van der Waals surface area contributed by atoms with Gasteiger partial charge in [-0.3, -0.25) is 35.1 Å². The number of alkyl halides is 9. The number of carbonyl (C=O) groups is 3. The van der Waals surface area contributed by atoms with Crippen molar-refractivity contribution in [3.63, 3.8) is 0 Å². The van der Waals surface area contributed by atoms with Crippen molar-refractivity contribution in [2.75, 3.05) is 0 Å². The standard InChI is InChI=1S/C34H18F6N2O9.C20H14O5.C7H3ClF3NO2.CH2O3.2K.H/c35-33(36,37)17-5-11-27(25(13-17)41(44)45)48-19-7-9-23-29(15-19)50-30-16-20(49-28-12-6-18(34(38,39)40)14-26(28)42(46)47)8-10-24(30)32(23)22-4-2-1-3-21(22)31(43)51-32;21-11-5-7-15-17(9-11)24-18-10-12(22)6-8-16(18)20(15)14-4-2-1-3-13(14)19(23)25-20;8-5-2-1-4(7(9,10)11)3-6(5)12(13)14;2-1-4-3;;;/h1-16,19,23H;1-11,15,21-22H;1-3H;1,3H;;;/q;;;;2*+1;-1/p-1. The van der Waals surface area contributed by atoms with Crippen LogP contribution in [0.3, 0.4) is 0 Å². The van der Waals surface area contributed by atoms with E-state index in [0.717, 1.165) is 23.8 Å². The van der Waals surface area contributed by atoms with E-state index >= 15 is 0 Å². The molecule has 0 fully saturated rings. The maximum atomic E-state index is 13.3. The molecule has 0 amide bonds. The van der Waals surface area contributed by atoms with Gasteiger partial charge >= 0.3 is 145 Å². The van der Waals surface area contributed by atoms with Gasteiger partial charge in [-0.15, -0.1) is 0 Å². The third-order valence-electron chi connectivity index (χ3n) is 14.9. The van der Waals surface area contributed by atoms with E-state index in [-0.39, 0.29) is 150 Å². The molecule has 4 aliphatic heterocycles. The van der Waals surface area contributed by atoms with Crippen molar-refractivity contribution in [3.8, 4) is 34.5 Å². The minimum atomic E-state index is -4.86. The Balaban J connectivity index is 0.000000237. The molecule has 7 aromatic carbocycles. The number of nitro benzene ring substituents is 3. The largest absolute Gasteiger partial charge is 1.00 e. The third kappa shape index (κ3) is 14.6. The van der Waals surface area contributed by atoms with E-state index in [9.17, 15) is 89.7 Å². The van der Waals surface area contributed by atoms with Crippen LogP contribution in [-0.4, -0.2) is 55.6 Å². The molecule has 2 spiro atoms. The van der Waals surface area contributed by atoms with Gasteiger partial charge in [0.15, 0.2) is 17.0 Å². The first-order valence-electron chi connectivity index (χ1n) is 26.7. The van der Waals surface area contributed by atoms with Crippen molar-refractivity contribution in [2.45, 2.75) is 41.9 Å². The number of carbonyl (C=O) groups excluding carboxylic acids is 3. The number of ether oxygens (including phenoxy) is 6. The third-order valence-corrected chi connectivity index (χ3v) is 15.2. The Morgan fingerprint density at radius 1 is 0.552 bits per heavy atom. The van der Waals surface area contributed by atoms with Gasteiger partial charge in [0.05, 0.1) is 60.5 Å². The van der Waals surface area contributed by atoms with E-state index in [1.54, 1.807) is 66.8 Å². The van der Waals surface area contributed by atoms with Crippen LogP contribution in [0, 0.1) is 42.2 Å². The first kappa shape index (κ1) is 73.8. The van der Waals surface area contributed by atoms with Crippen LogP contribution in [0.1, 0.15) is 61.1 Å². The van der Waals surface area contributed by atoms with Gasteiger partial charge in [-0.1, -0.05) is 66.2 Å². The number of halogens is 10. The van der Waals surface area contributed by atoms with Crippen LogP contribution < -0.4 is 127 Å². The van der Waals surface area contributed by atoms with Gasteiger partial charge in [0.25, 0.3) is 12.2 Å². The second-order valence-electron chi connectivity index (χ2n) is 20.4. The van der Waals surface area contributed by atoms with Crippen molar-refractivity contribution in [1.82, 2.24) is 0 Å². The van der Waals surface area contributed by atoms with E-state index in [2.05, 4.69) is 4.89 Å². The van der Waals surface area contributed by atoms with Gasteiger partial charge < -0.3 is 50.2 Å². The van der Waals surface area contributed by atoms with Gasteiger partial charge in [-0.25, -0.2) is 9.59 Å². The molecule has 0 bridgehead atoms. The normalized spacial score (nSPS) is 20.1. The van der Waals surface area contributed by atoms with Crippen LogP contribution in [0.4, 0.5) is 56.6 Å². The zero-order valence-corrected chi connectivity index (χ0v) is 55.6. The molecule has 486 valence electrons. The van der Waals surface area contributed by atoms with Crippen LogP contribution in [-0.2, 0) is 48.9 Å². The zero-order valence-electron chi connectivity index (χ0n) is 49.6. The average molecular weight is 1410 g/mol. The molecule has 96 heavy (non-hydrogen) atoms. The Bertz CT molecular complexity index is 4420. The smallest absolute Gasteiger partial charge is 1.00 e. The fourth-order valence-electron chi connectivity index (χ4n) is 11.0. The minimum absolute atomic E-state index is 0. The molecule has 2 aliphatic carbocycles. The predicted molar refractivity (Wildman–Crippen MR) is 301 cm³/mol. The number of nitro groups is 3. The molecule has 0 aromatic heterocycles. The summed E-state index contributed by atoms with van der Waals surface area (Å²) in [6, 6.07) is 28.1. The number of phenols is 1. The molecular formula is C62H37ClF9K2N3O19. The Kier molecular flexibility index (Phi) is 22.3. The summed E-state index contributed by atoms with van der Waals surface area (Å²) in [6.45, 7) is -0.181. The number of esters is 2. The van der Waals surface area contributed by atoms with Crippen molar-refractivity contribution >= 4 is 47.1 Å². The number of aromatic hydroxyl groups is 1. The summed E-state index contributed by atoms with van der Waals surface area (Å²) < 4.78 is 151. The monoisotopic (exact) mass is 1410 g/mol. The van der Waals surface area contributed by atoms with Crippen molar-refractivity contribution in [2.24, 2.45) is 11.8 Å². The van der Waals surface area contributed by atoms with Crippen molar-refractivity contribution in [3.05, 3.63) is 273 Å². The van der Waals surface area contributed by atoms with Gasteiger partial charge in [0.1, 0.15) is 45.6 Å². The van der Waals surface area contributed by atoms with E-state index < -0.39 is 120 Å². The number of hydrogen-bond acceptors (Lipinski definition) is 19. The maximum absolute atomic E-state index is 13.3. The van der Waals surface area contributed by atoms with E-state index in [4.69, 9.17) is 50.1 Å². The predicted octanol–water partition coefficient (Wildman–Crippen LogP) is 7.11. The fraction of sp³-hybridized carbons (Fsp3) is 0.145. The van der Waals surface area contributed by atoms with Crippen LogP contribution >= 0.6 is 11.6 Å². The number of benzene rings is 7. The Morgan fingerprint density at radius 2 is 0.990 bits per heavy atom. The molecule has 6 unspecified atom stereocenters. The quantitative estimate of drug-likeness (QED) is 0.0224. The number of nitrogens with zero attached hydrogens (tertiary/aromatic N) is 3. The second kappa shape index (κ2) is 29.0. The molecule has 0 saturated carbocycles. The summed E-state index contributed by atoms with van der Waals surface area (Å²) in [4.78, 5) is 67.5. The van der Waals surface area contributed by atoms with E-state index in [1.165, 1.54) is 36.4 Å². The van der Waals surface area contributed by atoms with Crippen molar-refractivity contribution in [1.29, 1.82) is 0 Å². The van der Waals surface area contributed by atoms with Crippen LogP contribution in [0.25, 0.3) is 0 Å². The van der Waals surface area contributed by atoms with Gasteiger partial charge in [0.2, 0.25) is 5.75 Å². The van der Waals surface area contributed by atoms with Gasteiger partial charge in [-0.2, -0.15) is 39.5 Å². The molecule has 6 atom stereocenters. The Hall–Kier alpha value is -8.04. The summed E-state index contributed by atoms with van der Waals surface area (Å²) in [5, 5.41) is 61.5. The molecule has 6 aliphatic rings. The summed E-state index contributed by atoms with van der Waals surface area (Å²) in [5.74, 6) is -2.36. The second-order valence-corrected chi connectivity index (χ2v) is 20.8. The zero-order chi connectivity index (χ0) is 68.0. The van der Waals surface area contributed by atoms with E-state index in [1.807, 2.05) is 18.2 Å².